The first-order valence-electron chi connectivity index (χ1n) is 7.35. The van der Waals surface area contributed by atoms with Crippen LogP contribution in [-0.4, -0.2) is 29.2 Å². The molecule has 0 fully saturated rings. The van der Waals surface area contributed by atoms with Gasteiger partial charge in [-0.2, -0.15) is 5.10 Å². The third kappa shape index (κ3) is 6.86. The molecule has 2 aromatic carbocycles. The molecule has 25 heavy (non-hydrogen) atoms. The van der Waals surface area contributed by atoms with Gasteiger partial charge in [-0.1, -0.05) is 41.9 Å². The number of urea groups is 1. The Kier molecular flexibility index (Phi) is 7.31. The Hall–Kier alpha value is -2.51. The molecule has 0 radical (unpaired) electrons. The van der Waals surface area contributed by atoms with Crippen molar-refractivity contribution in [3.8, 4) is 0 Å². The van der Waals surface area contributed by atoms with Gasteiger partial charge in [-0.15, -0.1) is 11.8 Å². The number of rotatable bonds is 7. The first-order valence-corrected chi connectivity index (χ1v) is 8.88. The van der Waals surface area contributed by atoms with E-state index in [1.54, 1.807) is 24.3 Å². The lowest BCUT2D eigenvalue weighted by atomic mass is 10.1. The van der Waals surface area contributed by atoms with Gasteiger partial charge < -0.3 is 11.1 Å². The van der Waals surface area contributed by atoms with Crippen molar-refractivity contribution in [2.75, 3.05) is 16.8 Å². The number of benzene rings is 2. The average Bonchev–Trinajstić information content (AvgIpc) is 2.59. The van der Waals surface area contributed by atoms with Crippen molar-refractivity contribution in [3.63, 3.8) is 0 Å². The lowest BCUT2D eigenvalue weighted by Gasteiger charge is -2.08. The fourth-order valence-electron chi connectivity index (χ4n) is 1.90. The summed E-state index contributed by atoms with van der Waals surface area (Å²) in [5.74, 6) is 0.553. The minimum atomic E-state index is -0.752. The largest absolute Gasteiger partial charge is 0.350 e. The Morgan fingerprint density at radius 1 is 1.04 bits per heavy atom. The highest BCUT2D eigenvalue weighted by molar-refractivity contribution is 8.00. The fourth-order valence-corrected chi connectivity index (χ4v) is 2.81. The molecule has 4 N–H and O–H groups in total. The van der Waals surface area contributed by atoms with E-state index in [0.29, 0.717) is 16.5 Å². The van der Waals surface area contributed by atoms with E-state index in [2.05, 4.69) is 15.8 Å². The zero-order valence-corrected chi connectivity index (χ0v) is 14.8. The van der Waals surface area contributed by atoms with Crippen LogP contribution in [0.15, 0.2) is 59.7 Å². The normalized spacial score (nSPS) is 11.0. The Morgan fingerprint density at radius 3 is 2.36 bits per heavy atom. The van der Waals surface area contributed by atoms with Crippen LogP contribution in [0.4, 0.5) is 10.5 Å². The number of hydrazone groups is 1. The van der Waals surface area contributed by atoms with E-state index >= 15 is 0 Å². The van der Waals surface area contributed by atoms with Gasteiger partial charge in [0.05, 0.1) is 11.5 Å². The summed E-state index contributed by atoms with van der Waals surface area (Å²) in [5, 5.41) is 7.40. The zero-order valence-electron chi connectivity index (χ0n) is 13.2. The van der Waals surface area contributed by atoms with Gasteiger partial charge in [-0.25, -0.2) is 10.2 Å². The fraction of sp³-hybridized carbons (Fsp3) is 0.118. The molecule has 130 valence electrons. The van der Waals surface area contributed by atoms with Crippen molar-refractivity contribution < 1.29 is 9.59 Å². The molecule has 0 saturated carbocycles. The minimum absolute atomic E-state index is 0.116. The zero-order chi connectivity index (χ0) is 18.1. The van der Waals surface area contributed by atoms with E-state index in [9.17, 15) is 9.59 Å². The van der Waals surface area contributed by atoms with E-state index in [1.165, 1.54) is 11.8 Å². The quantitative estimate of drug-likeness (QED) is 0.511. The number of carbonyl (C=O) groups is 2. The summed E-state index contributed by atoms with van der Waals surface area (Å²) >= 11 is 7.25. The minimum Gasteiger partial charge on any atom is -0.350 e. The molecule has 6 nitrogen and oxygen atoms in total. The maximum absolute atomic E-state index is 12.0. The van der Waals surface area contributed by atoms with Crippen LogP contribution in [0.2, 0.25) is 5.02 Å². The van der Waals surface area contributed by atoms with Gasteiger partial charge in [0.25, 0.3) is 0 Å². The Bertz CT molecular complexity index is 751. The van der Waals surface area contributed by atoms with E-state index in [1.807, 2.05) is 30.3 Å². The Labute approximate surface area is 154 Å². The molecule has 2 rings (SSSR count). The second kappa shape index (κ2) is 9.71. The average molecular weight is 377 g/mol. The number of nitrogens with two attached hydrogens (primary N) is 1. The summed E-state index contributed by atoms with van der Waals surface area (Å²) in [4.78, 5) is 22.8. The van der Waals surface area contributed by atoms with Crippen molar-refractivity contribution in [3.05, 3.63) is 65.2 Å². The second-order valence-electron chi connectivity index (χ2n) is 4.95. The number of para-hydroxylation sites is 1. The number of nitrogens with one attached hydrogen (secondary N) is 2. The number of amides is 3. The van der Waals surface area contributed by atoms with E-state index in [-0.39, 0.29) is 11.7 Å². The molecular formula is C17H17ClN4O2S. The molecule has 0 spiro atoms. The summed E-state index contributed by atoms with van der Waals surface area (Å²) in [6, 6.07) is 15.5. The highest BCUT2D eigenvalue weighted by Gasteiger charge is 2.08. The van der Waals surface area contributed by atoms with Gasteiger partial charge in [0.1, 0.15) is 0 Å². The number of thioether (sulfide) groups is 1. The van der Waals surface area contributed by atoms with Crippen LogP contribution in [-0.2, 0) is 4.79 Å². The first kappa shape index (κ1) is 18.8. The van der Waals surface area contributed by atoms with Gasteiger partial charge in [0.2, 0.25) is 5.91 Å². The molecule has 0 aliphatic carbocycles. The van der Waals surface area contributed by atoms with Crippen molar-refractivity contribution >= 4 is 46.7 Å². The molecule has 0 bridgehead atoms. The van der Waals surface area contributed by atoms with Crippen molar-refractivity contribution in [1.29, 1.82) is 0 Å². The number of anilines is 1. The number of hydrogen-bond acceptors (Lipinski definition) is 4. The van der Waals surface area contributed by atoms with Crippen molar-refractivity contribution in [1.82, 2.24) is 5.43 Å². The summed E-state index contributed by atoms with van der Waals surface area (Å²) in [7, 11) is 0. The van der Waals surface area contributed by atoms with Gasteiger partial charge in [0, 0.05) is 16.5 Å². The maximum Gasteiger partial charge on any atom is 0.332 e. The molecule has 0 aromatic heterocycles. The monoisotopic (exact) mass is 376 g/mol. The molecule has 0 heterocycles. The molecule has 8 heteroatoms. The van der Waals surface area contributed by atoms with Crippen LogP contribution in [0.25, 0.3) is 0 Å². The second-order valence-corrected chi connectivity index (χ2v) is 6.37. The van der Waals surface area contributed by atoms with Crippen molar-refractivity contribution in [2.45, 2.75) is 0 Å². The topological polar surface area (TPSA) is 96.6 Å². The van der Waals surface area contributed by atoms with Crippen LogP contribution < -0.4 is 16.5 Å². The van der Waals surface area contributed by atoms with Crippen LogP contribution in [0, 0.1) is 0 Å². The van der Waals surface area contributed by atoms with E-state index in [4.69, 9.17) is 17.3 Å². The summed E-state index contributed by atoms with van der Waals surface area (Å²) in [6.45, 7) is 0. The molecular weight excluding hydrogens is 360 g/mol. The molecule has 0 saturated heterocycles. The number of nitrogens with zero attached hydrogens (tertiary/aromatic N) is 1. The molecule has 2 aromatic rings. The first-order chi connectivity index (χ1) is 12.0. The summed E-state index contributed by atoms with van der Waals surface area (Å²) < 4.78 is 0. The SMILES string of the molecule is NC(=O)N/N=C(/CSCC(=O)Nc1ccccc1)c1ccc(Cl)cc1. The predicted molar refractivity (Wildman–Crippen MR) is 103 cm³/mol. The van der Waals surface area contributed by atoms with Gasteiger partial charge in [-0.3, -0.25) is 4.79 Å². The lowest BCUT2D eigenvalue weighted by molar-refractivity contribution is -0.113. The van der Waals surface area contributed by atoms with Gasteiger partial charge >= 0.3 is 6.03 Å². The highest BCUT2D eigenvalue weighted by atomic mass is 35.5. The third-order valence-corrected chi connectivity index (χ3v) is 4.20. The van der Waals surface area contributed by atoms with E-state index < -0.39 is 6.03 Å². The van der Waals surface area contributed by atoms with Crippen LogP contribution in [0.3, 0.4) is 0 Å². The standard InChI is InChI=1S/C17H17ClN4O2S/c18-13-8-6-12(7-9-13)15(21-22-17(19)24)10-25-11-16(23)20-14-4-2-1-3-5-14/h1-9H,10-11H2,(H,20,23)(H3,19,22,24)/b21-15-. The molecule has 0 atom stereocenters. The third-order valence-electron chi connectivity index (χ3n) is 3.01. The Morgan fingerprint density at radius 2 is 1.72 bits per heavy atom. The predicted octanol–water partition coefficient (Wildman–Crippen LogP) is 3.08. The lowest BCUT2D eigenvalue weighted by Crippen LogP contribution is -2.26. The number of primary amides is 1. The highest BCUT2D eigenvalue weighted by Crippen LogP contribution is 2.14. The van der Waals surface area contributed by atoms with Crippen molar-refractivity contribution in [2.24, 2.45) is 10.8 Å². The molecule has 3 amide bonds. The number of halogens is 1. The molecule has 0 aliphatic rings. The summed E-state index contributed by atoms with van der Waals surface area (Å²) in [5.41, 5.74) is 9.40. The number of hydrogen-bond donors (Lipinski definition) is 3. The molecule has 0 unspecified atom stereocenters. The van der Waals surface area contributed by atoms with Gasteiger partial charge in [-0.05, 0) is 29.8 Å². The maximum atomic E-state index is 12.0. The smallest absolute Gasteiger partial charge is 0.332 e. The van der Waals surface area contributed by atoms with Crippen LogP contribution in [0.5, 0.6) is 0 Å². The van der Waals surface area contributed by atoms with Crippen LogP contribution >= 0.6 is 23.4 Å². The van der Waals surface area contributed by atoms with Gasteiger partial charge in [0.15, 0.2) is 0 Å². The Balaban J connectivity index is 1.93. The summed E-state index contributed by atoms with van der Waals surface area (Å²) in [6.07, 6.45) is 0. The van der Waals surface area contributed by atoms with Crippen LogP contribution in [0.1, 0.15) is 5.56 Å². The molecule has 0 aliphatic heterocycles. The number of carbonyl (C=O) groups excluding carboxylic acids is 2. The van der Waals surface area contributed by atoms with E-state index in [0.717, 1.165) is 11.3 Å².